The number of halogens is 1. The van der Waals surface area contributed by atoms with Crippen molar-refractivity contribution in [3.8, 4) is 0 Å². The van der Waals surface area contributed by atoms with Crippen molar-refractivity contribution in [2.24, 2.45) is 0 Å². The summed E-state index contributed by atoms with van der Waals surface area (Å²) in [7, 11) is 0. The Morgan fingerprint density at radius 2 is 2.00 bits per heavy atom. The number of hydrogen-bond acceptors (Lipinski definition) is 2. The number of amides is 1. The molecule has 24 heavy (non-hydrogen) atoms. The molecule has 1 aromatic carbocycles. The van der Waals surface area contributed by atoms with E-state index in [-0.39, 0.29) is 17.9 Å². The van der Waals surface area contributed by atoms with Crippen LogP contribution in [-0.2, 0) is 17.8 Å². The van der Waals surface area contributed by atoms with Crippen LogP contribution in [-0.4, -0.2) is 28.1 Å². The van der Waals surface area contributed by atoms with Crippen molar-refractivity contribution in [1.82, 2.24) is 4.57 Å². The summed E-state index contributed by atoms with van der Waals surface area (Å²) in [5.41, 5.74) is 2.12. The number of aromatic nitrogens is 1. The van der Waals surface area contributed by atoms with Gasteiger partial charge in [0, 0.05) is 35.7 Å². The fourth-order valence-electron chi connectivity index (χ4n) is 2.90. The first-order valence-corrected chi connectivity index (χ1v) is 8.24. The molecule has 0 aliphatic heterocycles. The third-order valence-electron chi connectivity index (χ3n) is 3.99. The van der Waals surface area contributed by atoms with Gasteiger partial charge in [-0.05, 0) is 44.5 Å². The van der Waals surface area contributed by atoms with Crippen molar-refractivity contribution in [1.29, 1.82) is 0 Å². The summed E-state index contributed by atoms with van der Waals surface area (Å²) in [5, 5.41) is 10.0. The van der Waals surface area contributed by atoms with Gasteiger partial charge in [0.2, 0.25) is 5.91 Å². The number of rotatable bonds is 6. The minimum absolute atomic E-state index is 0.0314. The van der Waals surface area contributed by atoms with Crippen LogP contribution in [0.5, 0.6) is 0 Å². The van der Waals surface area contributed by atoms with Crippen LogP contribution >= 0.6 is 11.6 Å². The summed E-state index contributed by atoms with van der Waals surface area (Å²) in [6, 6.07) is 7.08. The Morgan fingerprint density at radius 3 is 2.54 bits per heavy atom. The normalized spacial score (nSPS) is 10.7. The van der Waals surface area contributed by atoms with E-state index in [2.05, 4.69) is 0 Å². The number of nitrogens with zero attached hydrogens (tertiary/aromatic N) is 2. The SMILES string of the molecule is CCN(C(=O)Cc1c(C(=O)O)c(C)cn1CC)c1cccc(Cl)c1. The Kier molecular flexibility index (Phi) is 5.67. The van der Waals surface area contributed by atoms with Crippen LogP contribution in [0.1, 0.15) is 35.5 Å². The third-order valence-corrected chi connectivity index (χ3v) is 4.22. The number of carbonyl (C=O) groups excluding carboxylic acids is 1. The van der Waals surface area contributed by atoms with E-state index >= 15 is 0 Å². The topological polar surface area (TPSA) is 62.5 Å². The fraction of sp³-hybridized carbons (Fsp3) is 0.333. The highest BCUT2D eigenvalue weighted by atomic mass is 35.5. The Balaban J connectivity index is 2.36. The lowest BCUT2D eigenvalue weighted by atomic mass is 10.1. The predicted octanol–water partition coefficient (Wildman–Crippen LogP) is 3.76. The minimum Gasteiger partial charge on any atom is -0.478 e. The van der Waals surface area contributed by atoms with Crippen LogP contribution in [0.4, 0.5) is 5.69 Å². The first kappa shape index (κ1) is 18.1. The largest absolute Gasteiger partial charge is 0.478 e. The number of carbonyl (C=O) groups is 2. The lowest BCUT2D eigenvalue weighted by Crippen LogP contribution is -2.33. The van der Waals surface area contributed by atoms with Gasteiger partial charge in [0.25, 0.3) is 0 Å². The molecule has 6 heteroatoms. The number of aromatic carboxylic acids is 1. The van der Waals surface area contributed by atoms with Crippen molar-refractivity contribution in [3.63, 3.8) is 0 Å². The molecule has 128 valence electrons. The molecule has 0 aliphatic carbocycles. The highest BCUT2D eigenvalue weighted by Crippen LogP contribution is 2.23. The monoisotopic (exact) mass is 348 g/mol. The average molecular weight is 349 g/mol. The molecule has 0 bridgehead atoms. The Morgan fingerprint density at radius 1 is 1.29 bits per heavy atom. The lowest BCUT2D eigenvalue weighted by molar-refractivity contribution is -0.118. The van der Waals surface area contributed by atoms with E-state index in [1.165, 1.54) is 0 Å². The van der Waals surface area contributed by atoms with Crippen LogP contribution in [0, 0.1) is 6.92 Å². The zero-order valence-corrected chi connectivity index (χ0v) is 14.8. The standard InChI is InChI=1S/C18H21ClN2O3/c1-4-20-11-12(3)17(18(23)24)15(20)10-16(22)21(5-2)14-8-6-7-13(19)9-14/h6-9,11H,4-5,10H2,1-3H3,(H,23,24). The maximum Gasteiger partial charge on any atom is 0.337 e. The van der Waals surface area contributed by atoms with Crippen LogP contribution < -0.4 is 4.90 Å². The van der Waals surface area contributed by atoms with E-state index in [0.717, 1.165) is 0 Å². The molecule has 1 N–H and O–H groups in total. The first-order chi connectivity index (χ1) is 11.4. The number of likely N-dealkylation sites (N-methyl/N-ethyl adjacent to an activating group) is 1. The van der Waals surface area contributed by atoms with Gasteiger partial charge in [-0.1, -0.05) is 17.7 Å². The van der Waals surface area contributed by atoms with Gasteiger partial charge < -0.3 is 14.6 Å². The number of aryl methyl sites for hydroxylation is 2. The smallest absolute Gasteiger partial charge is 0.337 e. The Hall–Kier alpha value is -2.27. The van der Waals surface area contributed by atoms with Crippen LogP contribution in [0.15, 0.2) is 30.5 Å². The molecule has 0 unspecified atom stereocenters. The molecule has 2 aromatic rings. The van der Waals surface area contributed by atoms with Crippen LogP contribution in [0.25, 0.3) is 0 Å². The summed E-state index contributed by atoms with van der Waals surface area (Å²) >= 11 is 6.01. The number of hydrogen-bond donors (Lipinski definition) is 1. The van der Waals surface area contributed by atoms with Gasteiger partial charge in [0.1, 0.15) is 0 Å². The molecule has 0 saturated carbocycles. The van der Waals surface area contributed by atoms with Gasteiger partial charge in [-0.25, -0.2) is 4.79 Å². The highest BCUT2D eigenvalue weighted by molar-refractivity contribution is 6.30. The molecule has 0 radical (unpaired) electrons. The van der Waals surface area contributed by atoms with E-state index in [9.17, 15) is 14.7 Å². The molecular weight excluding hydrogens is 328 g/mol. The summed E-state index contributed by atoms with van der Waals surface area (Å²) < 4.78 is 1.82. The van der Waals surface area contributed by atoms with E-state index in [1.807, 2.05) is 24.5 Å². The number of benzene rings is 1. The third kappa shape index (κ3) is 3.62. The molecular formula is C18H21ClN2O3. The Labute approximate surface area is 146 Å². The van der Waals surface area contributed by atoms with E-state index < -0.39 is 5.97 Å². The molecule has 0 saturated heterocycles. The molecule has 2 rings (SSSR count). The lowest BCUT2D eigenvalue weighted by Gasteiger charge is -2.22. The van der Waals surface area contributed by atoms with Crippen molar-refractivity contribution in [2.45, 2.75) is 33.7 Å². The molecule has 5 nitrogen and oxygen atoms in total. The van der Waals surface area contributed by atoms with Crippen LogP contribution in [0.2, 0.25) is 5.02 Å². The Bertz CT molecular complexity index is 768. The molecule has 0 spiro atoms. The van der Waals surface area contributed by atoms with Crippen LogP contribution in [0.3, 0.4) is 0 Å². The summed E-state index contributed by atoms with van der Waals surface area (Å²) in [6.45, 7) is 6.64. The van der Waals surface area contributed by atoms with E-state index in [0.29, 0.717) is 35.1 Å². The van der Waals surface area contributed by atoms with Gasteiger partial charge in [-0.2, -0.15) is 0 Å². The quantitative estimate of drug-likeness (QED) is 0.864. The number of carboxylic acid groups (broad SMARTS) is 1. The molecule has 0 aliphatic rings. The molecule has 0 atom stereocenters. The molecule has 1 amide bonds. The van der Waals surface area contributed by atoms with E-state index in [1.54, 1.807) is 36.2 Å². The van der Waals surface area contributed by atoms with Crippen molar-refractivity contribution in [2.75, 3.05) is 11.4 Å². The second-order valence-electron chi connectivity index (χ2n) is 5.52. The van der Waals surface area contributed by atoms with Gasteiger partial charge >= 0.3 is 5.97 Å². The van der Waals surface area contributed by atoms with Crippen molar-refractivity contribution < 1.29 is 14.7 Å². The average Bonchev–Trinajstić information content (AvgIpc) is 2.83. The molecule has 1 aromatic heterocycles. The first-order valence-electron chi connectivity index (χ1n) is 7.86. The number of carboxylic acids is 1. The molecule has 1 heterocycles. The molecule has 0 fully saturated rings. The second-order valence-corrected chi connectivity index (χ2v) is 5.96. The predicted molar refractivity (Wildman–Crippen MR) is 95.0 cm³/mol. The van der Waals surface area contributed by atoms with Gasteiger partial charge in [0.15, 0.2) is 0 Å². The number of anilines is 1. The summed E-state index contributed by atoms with van der Waals surface area (Å²) in [5.74, 6) is -1.16. The zero-order valence-electron chi connectivity index (χ0n) is 14.0. The van der Waals surface area contributed by atoms with Gasteiger partial charge in [-0.3, -0.25) is 4.79 Å². The fourth-order valence-corrected chi connectivity index (χ4v) is 3.08. The maximum absolute atomic E-state index is 12.8. The maximum atomic E-state index is 12.8. The van der Waals surface area contributed by atoms with Gasteiger partial charge in [0.05, 0.1) is 12.0 Å². The van der Waals surface area contributed by atoms with Crippen molar-refractivity contribution in [3.05, 3.63) is 52.3 Å². The minimum atomic E-state index is -1.01. The zero-order chi connectivity index (χ0) is 17.9. The second kappa shape index (κ2) is 7.53. The van der Waals surface area contributed by atoms with Crippen molar-refractivity contribution >= 4 is 29.2 Å². The van der Waals surface area contributed by atoms with E-state index in [4.69, 9.17) is 11.6 Å². The van der Waals surface area contributed by atoms with Gasteiger partial charge in [-0.15, -0.1) is 0 Å². The summed E-state index contributed by atoms with van der Waals surface area (Å²) in [4.78, 5) is 25.9. The highest BCUT2D eigenvalue weighted by Gasteiger charge is 2.23. The summed E-state index contributed by atoms with van der Waals surface area (Å²) in [6.07, 6.45) is 1.81.